The van der Waals surface area contributed by atoms with E-state index in [0.717, 1.165) is 31.7 Å². The lowest BCUT2D eigenvalue weighted by Crippen LogP contribution is -2.47. The molecule has 3 rings (SSSR count). The average molecular weight is 335 g/mol. The summed E-state index contributed by atoms with van der Waals surface area (Å²) in [6, 6.07) is 7.40. The van der Waals surface area contributed by atoms with Gasteiger partial charge in [0.1, 0.15) is 5.69 Å². The number of nitrogens with zero attached hydrogens (tertiary/aromatic N) is 4. The second kappa shape index (κ2) is 7.08. The van der Waals surface area contributed by atoms with E-state index in [1.807, 2.05) is 23.2 Å². The molecule has 0 saturated carbocycles. The van der Waals surface area contributed by atoms with Crippen LogP contribution in [0.5, 0.6) is 0 Å². The first-order valence-electron chi connectivity index (χ1n) is 7.51. The van der Waals surface area contributed by atoms with Gasteiger partial charge in [0.05, 0.1) is 0 Å². The minimum atomic E-state index is -0.253. The molecule has 0 amide bonds. The Balaban J connectivity index is 1.69. The summed E-state index contributed by atoms with van der Waals surface area (Å²) in [7, 11) is 2.09. The number of aromatic amines is 1. The Morgan fingerprint density at radius 2 is 1.96 bits per heavy atom. The lowest BCUT2D eigenvalue weighted by molar-refractivity contribution is 0.178. The van der Waals surface area contributed by atoms with E-state index in [1.165, 1.54) is 0 Å². The minimum absolute atomic E-state index is 0.253. The number of anilines is 1. The molecule has 0 unspecified atom stereocenters. The fourth-order valence-corrected chi connectivity index (χ4v) is 2.62. The molecular formula is C15H19ClN6O. The number of nitrogens with one attached hydrogen (secondary N) is 2. The number of aromatic nitrogens is 3. The normalized spacial score (nSPS) is 16.4. The number of H-pyrrole nitrogens is 1. The third-order valence-electron chi connectivity index (χ3n) is 3.85. The molecule has 1 aliphatic rings. The highest BCUT2D eigenvalue weighted by Crippen LogP contribution is 2.16. The summed E-state index contributed by atoms with van der Waals surface area (Å²) in [4.78, 5) is 17.2. The van der Waals surface area contributed by atoms with Gasteiger partial charge in [-0.25, -0.2) is 5.01 Å². The fourth-order valence-electron chi connectivity index (χ4n) is 2.42. The van der Waals surface area contributed by atoms with E-state index in [9.17, 15) is 4.79 Å². The number of rotatable bonds is 4. The van der Waals surface area contributed by atoms with Gasteiger partial charge >= 0.3 is 0 Å². The number of hydrogen-bond acceptors (Lipinski definition) is 6. The Hall–Kier alpha value is -1.96. The largest absolute Gasteiger partial charge is 0.304 e. The molecule has 0 radical (unpaired) electrons. The Morgan fingerprint density at radius 3 is 2.65 bits per heavy atom. The third kappa shape index (κ3) is 4.07. The summed E-state index contributed by atoms with van der Waals surface area (Å²) in [5, 5.41) is 10.7. The van der Waals surface area contributed by atoms with E-state index in [4.69, 9.17) is 11.6 Å². The predicted molar refractivity (Wildman–Crippen MR) is 89.6 cm³/mol. The van der Waals surface area contributed by atoms with Crippen molar-refractivity contribution in [3.8, 4) is 0 Å². The van der Waals surface area contributed by atoms with Crippen LogP contribution in [0.3, 0.4) is 0 Å². The highest BCUT2D eigenvalue weighted by atomic mass is 35.5. The molecule has 122 valence electrons. The van der Waals surface area contributed by atoms with Crippen LogP contribution in [0.2, 0.25) is 5.02 Å². The van der Waals surface area contributed by atoms with Gasteiger partial charge < -0.3 is 4.90 Å². The maximum absolute atomic E-state index is 12.2. The van der Waals surface area contributed by atoms with Crippen LogP contribution in [0.15, 0.2) is 29.1 Å². The minimum Gasteiger partial charge on any atom is -0.304 e. The summed E-state index contributed by atoms with van der Waals surface area (Å²) in [6.45, 7) is 3.66. The SMILES string of the molecule is CN1CCN(Nc2nnc(Cc3ccccc3Cl)c(=O)[nH]2)CC1. The molecule has 0 atom stereocenters. The van der Waals surface area contributed by atoms with Crippen molar-refractivity contribution < 1.29 is 0 Å². The molecule has 2 N–H and O–H groups in total. The quantitative estimate of drug-likeness (QED) is 0.868. The van der Waals surface area contributed by atoms with E-state index in [0.29, 0.717) is 23.1 Å². The van der Waals surface area contributed by atoms with Crippen molar-refractivity contribution in [3.63, 3.8) is 0 Å². The predicted octanol–water partition coefficient (Wildman–Crippen LogP) is 0.983. The first-order valence-corrected chi connectivity index (χ1v) is 7.89. The summed E-state index contributed by atoms with van der Waals surface area (Å²) in [5.74, 6) is 0.363. The molecule has 1 aliphatic heterocycles. The van der Waals surface area contributed by atoms with Crippen molar-refractivity contribution in [2.75, 3.05) is 38.7 Å². The van der Waals surface area contributed by atoms with Gasteiger partial charge in [-0.15, -0.1) is 10.2 Å². The van der Waals surface area contributed by atoms with Gasteiger partial charge in [-0.2, -0.15) is 0 Å². The van der Waals surface area contributed by atoms with Crippen LogP contribution in [-0.4, -0.2) is 58.3 Å². The van der Waals surface area contributed by atoms with Crippen molar-refractivity contribution in [2.24, 2.45) is 0 Å². The number of hydrogen-bond donors (Lipinski definition) is 2. The van der Waals surface area contributed by atoms with Crippen LogP contribution in [-0.2, 0) is 6.42 Å². The van der Waals surface area contributed by atoms with Gasteiger partial charge in [0.25, 0.3) is 5.56 Å². The second-order valence-corrected chi connectivity index (χ2v) is 6.03. The third-order valence-corrected chi connectivity index (χ3v) is 4.22. The number of benzene rings is 1. The Kier molecular flexibility index (Phi) is 4.90. The molecule has 2 heterocycles. The van der Waals surface area contributed by atoms with Crippen LogP contribution < -0.4 is 11.0 Å². The number of likely N-dealkylation sites (N-methyl/N-ethyl adjacent to an activating group) is 1. The van der Waals surface area contributed by atoms with Gasteiger partial charge in [0, 0.05) is 37.6 Å². The van der Waals surface area contributed by atoms with Crippen molar-refractivity contribution >= 4 is 17.5 Å². The molecule has 1 fully saturated rings. The Morgan fingerprint density at radius 1 is 1.22 bits per heavy atom. The van der Waals surface area contributed by atoms with Crippen LogP contribution in [0, 0.1) is 0 Å². The molecule has 1 aromatic heterocycles. The zero-order valence-electron chi connectivity index (χ0n) is 12.9. The van der Waals surface area contributed by atoms with Gasteiger partial charge in [0.15, 0.2) is 0 Å². The van der Waals surface area contributed by atoms with E-state index in [2.05, 4.69) is 32.6 Å². The van der Waals surface area contributed by atoms with E-state index >= 15 is 0 Å². The molecular weight excluding hydrogens is 316 g/mol. The number of hydrazine groups is 1. The van der Waals surface area contributed by atoms with Gasteiger partial charge in [0.2, 0.25) is 5.95 Å². The lowest BCUT2D eigenvalue weighted by Gasteiger charge is -2.32. The van der Waals surface area contributed by atoms with Crippen LogP contribution in [0.1, 0.15) is 11.3 Å². The topological polar surface area (TPSA) is 77.2 Å². The molecule has 0 bridgehead atoms. The van der Waals surface area contributed by atoms with Gasteiger partial charge in [-0.3, -0.25) is 15.2 Å². The molecule has 7 nitrogen and oxygen atoms in total. The highest BCUT2D eigenvalue weighted by Gasteiger charge is 2.15. The molecule has 0 aliphatic carbocycles. The molecule has 2 aromatic rings. The van der Waals surface area contributed by atoms with Gasteiger partial charge in [-0.1, -0.05) is 29.8 Å². The zero-order chi connectivity index (χ0) is 16.2. The summed E-state index contributed by atoms with van der Waals surface area (Å²) in [5.41, 5.74) is 4.05. The highest BCUT2D eigenvalue weighted by molar-refractivity contribution is 6.31. The van der Waals surface area contributed by atoms with Crippen LogP contribution in [0.25, 0.3) is 0 Å². The van der Waals surface area contributed by atoms with Crippen molar-refractivity contribution in [1.29, 1.82) is 0 Å². The monoisotopic (exact) mass is 334 g/mol. The lowest BCUT2D eigenvalue weighted by atomic mass is 10.1. The first-order chi connectivity index (χ1) is 11.1. The van der Waals surface area contributed by atoms with E-state index < -0.39 is 0 Å². The maximum Gasteiger partial charge on any atom is 0.274 e. The molecule has 1 aromatic carbocycles. The smallest absolute Gasteiger partial charge is 0.274 e. The second-order valence-electron chi connectivity index (χ2n) is 5.62. The van der Waals surface area contributed by atoms with E-state index in [1.54, 1.807) is 6.07 Å². The average Bonchev–Trinajstić information content (AvgIpc) is 2.54. The van der Waals surface area contributed by atoms with Crippen molar-refractivity contribution in [3.05, 3.63) is 50.9 Å². The standard InChI is InChI=1S/C15H19ClN6O/c1-21-6-8-22(9-7-21)20-15-17-14(23)13(18-19-15)10-11-4-2-3-5-12(11)16/h2-5H,6-10H2,1H3,(H2,17,19,20,23). The molecule has 8 heteroatoms. The number of halogens is 1. The first kappa shape index (κ1) is 15.9. The molecule has 0 spiro atoms. The summed E-state index contributed by atoms with van der Waals surface area (Å²) < 4.78 is 0. The van der Waals surface area contributed by atoms with E-state index in [-0.39, 0.29) is 5.56 Å². The molecule has 1 saturated heterocycles. The van der Waals surface area contributed by atoms with Crippen molar-refractivity contribution in [1.82, 2.24) is 25.1 Å². The Bertz CT molecular complexity index is 726. The van der Waals surface area contributed by atoms with Crippen LogP contribution in [0.4, 0.5) is 5.95 Å². The van der Waals surface area contributed by atoms with Crippen LogP contribution >= 0.6 is 11.6 Å². The maximum atomic E-state index is 12.2. The molecule has 23 heavy (non-hydrogen) atoms. The summed E-state index contributed by atoms with van der Waals surface area (Å²) >= 11 is 6.11. The van der Waals surface area contributed by atoms with Crippen molar-refractivity contribution in [2.45, 2.75) is 6.42 Å². The fraction of sp³-hybridized carbons (Fsp3) is 0.400. The zero-order valence-corrected chi connectivity index (χ0v) is 13.7. The Labute approximate surface area is 139 Å². The number of piperazine rings is 1. The van der Waals surface area contributed by atoms with Gasteiger partial charge in [-0.05, 0) is 18.7 Å². The summed E-state index contributed by atoms with van der Waals surface area (Å²) in [6.07, 6.45) is 0.358.